The molecule has 0 fully saturated rings. The van der Waals surface area contributed by atoms with Crippen molar-refractivity contribution in [3.05, 3.63) is 77.5 Å². The van der Waals surface area contributed by atoms with Gasteiger partial charge < -0.3 is 5.11 Å². The molecule has 0 aliphatic rings. The van der Waals surface area contributed by atoms with Crippen LogP contribution in [-0.4, -0.2) is 10.1 Å². The van der Waals surface area contributed by atoms with Crippen molar-refractivity contribution in [1.29, 1.82) is 0 Å². The molecular weight excluding hydrogens is 258 g/mol. The number of hydrogen-bond donors (Lipinski definition) is 1. The minimum atomic E-state index is -0.405. The SMILES string of the molecule is Cc1ccc2cc(CCC(O)c3ccccc3)ccc2n1. The monoisotopic (exact) mass is 277 g/mol. The number of hydrogen-bond acceptors (Lipinski definition) is 2. The molecule has 0 aliphatic heterocycles. The summed E-state index contributed by atoms with van der Waals surface area (Å²) in [5, 5.41) is 11.4. The maximum Gasteiger partial charge on any atom is 0.0793 e. The highest BCUT2D eigenvalue weighted by molar-refractivity contribution is 5.79. The van der Waals surface area contributed by atoms with E-state index in [9.17, 15) is 5.11 Å². The van der Waals surface area contributed by atoms with E-state index in [4.69, 9.17) is 0 Å². The van der Waals surface area contributed by atoms with Crippen LogP contribution in [-0.2, 0) is 6.42 Å². The maximum atomic E-state index is 10.2. The Hall–Kier alpha value is -2.19. The highest BCUT2D eigenvalue weighted by Crippen LogP contribution is 2.21. The molecule has 0 spiro atoms. The number of rotatable bonds is 4. The van der Waals surface area contributed by atoms with Crippen molar-refractivity contribution in [3.8, 4) is 0 Å². The lowest BCUT2D eigenvalue weighted by Gasteiger charge is -2.11. The Morgan fingerprint density at radius 1 is 1.00 bits per heavy atom. The van der Waals surface area contributed by atoms with E-state index >= 15 is 0 Å². The summed E-state index contributed by atoms with van der Waals surface area (Å²) in [6.07, 6.45) is 1.19. The van der Waals surface area contributed by atoms with Gasteiger partial charge in [0, 0.05) is 11.1 Å². The zero-order valence-corrected chi connectivity index (χ0v) is 12.2. The zero-order chi connectivity index (χ0) is 14.7. The molecule has 3 aromatic rings. The molecule has 0 bridgehead atoms. The number of nitrogens with zero attached hydrogens (tertiary/aromatic N) is 1. The van der Waals surface area contributed by atoms with Gasteiger partial charge in [-0.05, 0) is 49.1 Å². The average molecular weight is 277 g/mol. The van der Waals surface area contributed by atoms with Crippen LogP contribution in [0.2, 0.25) is 0 Å². The van der Waals surface area contributed by atoms with E-state index in [1.54, 1.807) is 0 Å². The van der Waals surface area contributed by atoms with Gasteiger partial charge in [0.15, 0.2) is 0 Å². The highest BCUT2D eigenvalue weighted by Gasteiger charge is 2.07. The number of pyridine rings is 1. The fraction of sp³-hybridized carbons (Fsp3) is 0.211. The first kappa shape index (κ1) is 13.8. The third-order valence-corrected chi connectivity index (χ3v) is 3.78. The van der Waals surface area contributed by atoms with E-state index in [1.807, 2.05) is 43.3 Å². The molecular formula is C19H19NO. The Labute approximate surface area is 125 Å². The lowest BCUT2D eigenvalue weighted by atomic mass is 10.0. The van der Waals surface area contributed by atoms with Gasteiger partial charge in [0.1, 0.15) is 0 Å². The highest BCUT2D eigenvalue weighted by atomic mass is 16.3. The van der Waals surface area contributed by atoms with Crippen LogP contribution >= 0.6 is 0 Å². The van der Waals surface area contributed by atoms with Crippen LogP contribution in [0.15, 0.2) is 60.7 Å². The van der Waals surface area contributed by atoms with Crippen molar-refractivity contribution in [3.63, 3.8) is 0 Å². The molecule has 1 aromatic heterocycles. The van der Waals surface area contributed by atoms with Crippen molar-refractivity contribution in [2.24, 2.45) is 0 Å². The second-order valence-electron chi connectivity index (χ2n) is 5.44. The Bertz CT molecular complexity index is 737. The first-order chi connectivity index (χ1) is 10.2. The van der Waals surface area contributed by atoms with Gasteiger partial charge in [-0.1, -0.05) is 42.5 Å². The number of aliphatic hydroxyl groups excluding tert-OH is 1. The molecule has 1 N–H and O–H groups in total. The normalized spacial score (nSPS) is 12.5. The first-order valence-corrected chi connectivity index (χ1v) is 7.32. The molecule has 0 aliphatic carbocycles. The van der Waals surface area contributed by atoms with Gasteiger partial charge in [-0.15, -0.1) is 0 Å². The van der Waals surface area contributed by atoms with Crippen LogP contribution in [0.4, 0.5) is 0 Å². The summed E-state index contributed by atoms with van der Waals surface area (Å²) in [5.41, 5.74) is 4.29. The van der Waals surface area contributed by atoms with Crippen LogP contribution in [0.3, 0.4) is 0 Å². The lowest BCUT2D eigenvalue weighted by molar-refractivity contribution is 0.168. The Balaban J connectivity index is 1.72. The molecule has 2 aromatic carbocycles. The molecule has 0 amide bonds. The summed E-state index contributed by atoms with van der Waals surface area (Å²) < 4.78 is 0. The minimum absolute atomic E-state index is 0.405. The van der Waals surface area contributed by atoms with Gasteiger partial charge in [-0.3, -0.25) is 4.98 Å². The average Bonchev–Trinajstić information content (AvgIpc) is 2.53. The largest absolute Gasteiger partial charge is 0.388 e. The predicted molar refractivity (Wildman–Crippen MR) is 86.2 cm³/mol. The molecule has 0 radical (unpaired) electrons. The fourth-order valence-corrected chi connectivity index (χ4v) is 2.58. The quantitative estimate of drug-likeness (QED) is 0.775. The summed E-state index contributed by atoms with van der Waals surface area (Å²) in [4.78, 5) is 4.51. The molecule has 0 saturated heterocycles. The van der Waals surface area contributed by atoms with Gasteiger partial charge >= 0.3 is 0 Å². The number of aryl methyl sites for hydroxylation is 2. The number of benzene rings is 2. The summed E-state index contributed by atoms with van der Waals surface area (Å²) >= 11 is 0. The van der Waals surface area contributed by atoms with Crippen LogP contribution in [0.5, 0.6) is 0 Å². The molecule has 3 rings (SSSR count). The van der Waals surface area contributed by atoms with Crippen molar-refractivity contribution < 1.29 is 5.11 Å². The zero-order valence-electron chi connectivity index (χ0n) is 12.2. The second-order valence-corrected chi connectivity index (χ2v) is 5.44. The van der Waals surface area contributed by atoms with Crippen LogP contribution in [0, 0.1) is 6.92 Å². The second kappa shape index (κ2) is 6.06. The van der Waals surface area contributed by atoms with Crippen molar-refractivity contribution in [1.82, 2.24) is 4.98 Å². The van der Waals surface area contributed by atoms with Crippen molar-refractivity contribution in [2.45, 2.75) is 25.9 Å². The van der Waals surface area contributed by atoms with E-state index in [0.29, 0.717) is 0 Å². The van der Waals surface area contributed by atoms with Gasteiger partial charge in [0.05, 0.1) is 11.6 Å². The topological polar surface area (TPSA) is 33.1 Å². The van der Waals surface area contributed by atoms with Gasteiger partial charge in [0.25, 0.3) is 0 Å². The number of aromatic nitrogens is 1. The molecule has 2 heteroatoms. The number of aliphatic hydroxyl groups is 1. The molecule has 1 heterocycles. The van der Waals surface area contributed by atoms with E-state index in [1.165, 1.54) is 5.56 Å². The Morgan fingerprint density at radius 3 is 2.62 bits per heavy atom. The third-order valence-electron chi connectivity index (χ3n) is 3.78. The smallest absolute Gasteiger partial charge is 0.0793 e. The van der Waals surface area contributed by atoms with Crippen molar-refractivity contribution >= 4 is 10.9 Å². The fourth-order valence-electron chi connectivity index (χ4n) is 2.58. The first-order valence-electron chi connectivity index (χ1n) is 7.32. The lowest BCUT2D eigenvalue weighted by Crippen LogP contribution is -1.99. The Kier molecular flexibility index (Phi) is 3.98. The number of fused-ring (bicyclic) bond motifs is 1. The molecule has 1 unspecified atom stereocenters. The Morgan fingerprint density at radius 2 is 1.81 bits per heavy atom. The minimum Gasteiger partial charge on any atom is -0.388 e. The summed E-state index contributed by atoms with van der Waals surface area (Å²) in [6, 6.07) is 20.3. The molecule has 106 valence electrons. The van der Waals surface area contributed by atoms with E-state index in [-0.39, 0.29) is 0 Å². The van der Waals surface area contributed by atoms with Crippen LogP contribution in [0.25, 0.3) is 10.9 Å². The predicted octanol–water partition coefficient (Wildman–Crippen LogP) is 4.21. The summed E-state index contributed by atoms with van der Waals surface area (Å²) in [6.45, 7) is 2.00. The molecule has 1 atom stereocenters. The molecule has 2 nitrogen and oxygen atoms in total. The molecule has 21 heavy (non-hydrogen) atoms. The summed E-state index contributed by atoms with van der Waals surface area (Å²) in [7, 11) is 0. The van der Waals surface area contributed by atoms with Gasteiger partial charge in [-0.25, -0.2) is 0 Å². The van der Waals surface area contributed by atoms with Gasteiger partial charge in [0.2, 0.25) is 0 Å². The summed E-state index contributed by atoms with van der Waals surface area (Å²) in [5.74, 6) is 0. The molecule has 0 saturated carbocycles. The van der Waals surface area contributed by atoms with E-state index < -0.39 is 6.10 Å². The van der Waals surface area contributed by atoms with E-state index in [2.05, 4.69) is 29.2 Å². The third kappa shape index (κ3) is 3.29. The van der Waals surface area contributed by atoms with Crippen LogP contribution in [0.1, 0.15) is 29.3 Å². The van der Waals surface area contributed by atoms with Crippen LogP contribution < -0.4 is 0 Å². The standard InChI is InChI=1S/C19H19NO/c1-14-7-10-17-13-15(8-11-18(17)20-14)9-12-19(21)16-5-3-2-4-6-16/h2-8,10-11,13,19,21H,9,12H2,1H3. The van der Waals surface area contributed by atoms with Gasteiger partial charge in [-0.2, -0.15) is 0 Å². The van der Waals surface area contributed by atoms with Crippen molar-refractivity contribution in [2.75, 3.05) is 0 Å². The van der Waals surface area contributed by atoms with E-state index in [0.717, 1.165) is 35.0 Å². The maximum absolute atomic E-state index is 10.2.